The number of hydrogen-bond donors (Lipinski definition) is 0. The average molecular weight is 154 g/mol. The van der Waals surface area contributed by atoms with E-state index < -0.39 is 0 Å². The van der Waals surface area contributed by atoms with Crippen LogP contribution in [0.2, 0.25) is 0 Å². The average Bonchev–Trinajstić information content (AvgIpc) is 1.94. The Balaban J connectivity index is 0. The van der Waals surface area contributed by atoms with Gasteiger partial charge >= 0.3 is 0 Å². The van der Waals surface area contributed by atoms with E-state index in [1.807, 2.05) is 6.92 Å². The van der Waals surface area contributed by atoms with Crippen LogP contribution in [0.1, 0.15) is 19.8 Å². The summed E-state index contributed by atoms with van der Waals surface area (Å²) in [6.45, 7) is 2.48. The van der Waals surface area contributed by atoms with Crippen molar-refractivity contribution in [1.82, 2.24) is 0 Å². The third-order valence-corrected chi connectivity index (χ3v) is 0.642. The molecular weight excluding hydrogens is 142 g/mol. The van der Waals surface area contributed by atoms with Gasteiger partial charge in [-0.3, -0.25) is 0 Å². The molecule has 0 aliphatic carbocycles. The SMILES string of the molecule is CCCCON=O.CCl. The monoisotopic (exact) mass is 153 g/mol. The minimum absolute atomic E-state index is 0.458. The van der Waals surface area contributed by atoms with E-state index >= 15 is 0 Å². The van der Waals surface area contributed by atoms with Crippen LogP contribution in [0.4, 0.5) is 0 Å². The van der Waals surface area contributed by atoms with Crippen LogP contribution in [-0.4, -0.2) is 13.0 Å². The highest BCUT2D eigenvalue weighted by molar-refractivity contribution is 6.15. The van der Waals surface area contributed by atoms with Crippen molar-refractivity contribution in [1.29, 1.82) is 0 Å². The van der Waals surface area contributed by atoms with Crippen molar-refractivity contribution in [3.63, 3.8) is 0 Å². The van der Waals surface area contributed by atoms with Crippen molar-refractivity contribution >= 4 is 11.6 Å². The molecule has 9 heavy (non-hydrogen) atoms. The van der Waals surface area contributed by atoms with Crippen LogP contribution in [0.5, 0.6) is 0 Å². The summed E-state index contributed by atoms with van der Waals surface area (Å²) >= 11 is 4.64. The number of alkyl halides is 1. The predicted molar refractivity (Wildman–Crippen MR) is 38.4 cm³/mol. The topological polar surface area (TPSA) is 38.7 Å². The molecule has 56 valence electrons. The van der Waals surface area contributed by atoms with E-state index in [1.165, 1.54) is 6.38 Å². The molecule has 0 radical (unpaired) electrons. The Hall–Kier alpha value is -0.310. The molecule has 0 aromatic carbocycles. The quantitative estimate of drug-likeness (QED) is 0.269. The lowest BCUT2D eigenvalue weighted by Crippen LogP contribution is -1.83. The number of halogens is 1. The number of hydrogen-bond acceptors (Lipinski definition) is 3. The molecule has 4 heteroatoms. The van der Waals surface area contributed by atoms with Gasteiger partial charge in [0.2, 0.25) is 0 Å². The Morgan fingerprint density at radius 3 is 2.44 bits per heavy atom. The lowest BCUT2D eigenvalue weighted by atomic mass is 10.4. The van der Waals surface area contributed by atoms with Crippen LogP contribution in [0, 0.1) is 4.91 Å². The minimum Gasteiger partial charge on any atom is -0.364 e. The molecule has 0 N–H and O–H groups in total. The van der Waals surface area contributed by atoms with Gasteiger partial charge in [0.05, 0.1) is 0 Å². The molecule has 0 amide bonds. The molecule has 0 heterocycles. The fourth-order valence-electron chi connectivity index (χ4n) is 0.246. The van der Waals surface area contributed by atoms with Crippen molar-refractivity contribution in [2.75, 3.05) is 13.0 Å². The summed E-state index contributed by atoms with van der Waals surface area (Å²) in [5, 5.41) is 2.22. The Morgan fingerprint density at radius 1 is 1.56 bits per heavy atom. The molecule has 0 aliphatic heterocycles. The molecule has 0 aliphatic rings. The van der Waals surface area contributed by atoms with Crippen LogP contribution >= 0.6 is 11.6 Å². The second-order valence-corrected chi connectivity index (χ2v) is 1.26. The van der Waals surface area contributed by atoms with E-state index in [4.69, 9.17) is 0 Å². The zero-order valence-corrected chi connectivity index (χ0v) is 6.52. The van der Waals surface area contributed by atoms with E-state index in [1.54, 1.807) is 0 Å². The van der Waals surface area contributed by atoms with Crippen molar-refractivity contribution in [3.8, 4) is 0 Å². The first-order valence-corrected chi connectivity index (χ1v) is 3.49. The van der Waals surface area contributed by atoms with Gasteiger partial charge in [0, 0.05) is 6.38 Å². The molecule has 0 aromatic rings. The van der Waals surface area contributed by atoms with Crippen LogP contribution in [0.3, 0.4) is 0 Å². The first kappa shape index (κ1) is 11.5. The largest absolute Gasteiger partial charge is 0.364 e. The van der Waals surface area contributed by atoms with Gasteiger partial charge in [0.1, 0.15) is 6.61 Å². The smallest absolute Gasteiger partial charge is 0.155 e. The van der Waals surface area contributed by atoms with E-state index in [0.717, 1.165) is 12.8 Å². The zero-order chi connectivity index (χ0) is 7.54. The van der Waals surface area contributed by atoms with Gasteiger partial charge in [-0.05, 0) is 6.42 Å². The predicted octanol–water partition coefficient (Wildman–Crippen LogP) is 2.34. The Bertz CT molecular complexity index is 52.2. The molecule has 0 rings (SSSR count). The summed E-state index contributed by atoms with van der Waals surface area (Å²) in [6.07, 6.45) is 3.42. The fraction of sp³-hybridized carbons (Fsp3) is 1.00. The van der Waals surface area contributed by atoms with Gasteiger partial charge in [-0.25, -0.2) is 0 Å². The summed E-state index contributed by atoms with van der Waals surface area (Å²) in [4.78, 5) is 13.4. The molecule has 0 saturated carbocycles. The van der Waals surface area contributed by atoms with Gasteiger partial charge in [-0.15, -0.1) is 16.5 Å². The first-order valence-electron chi connectivity index (χ1n) is 2.74. The van der Waals surface area contributed by atoms with Crippen LogP contribution in [-0.2, 0) is 4.84 Å². The minimum atomic E-state index is 0.458. The summed E-state index contributed by atoms with van der Waals surface area (Å²) in [7, 11) is 0. The summed E-state index contributed by atoms with van der Waals surface area (Å²) in [5.41, 5.74) is 0. The second kappa shape index (κ2) is 15.6. The van der Waals surface area contributed by atoms with Crippen LogP contribution in [0.25, 0.3) is 0 Å². The Labute approximate surface area is 60.3 Å². The summed E-state index contributed by atoms with van der Waals surface area (Å²) in [5.74, 6) is 0. The molecule has 0 atom stereocenters. The third kappa shape index (κ3) is 18.3. The van der Waals surface area contributed by atoms with Crippen molar-refractivity contribution in [2.45, 2.75) is 19.8 Å². The van der Waals surface area contributed by atoms with Crippen molar-refractivity contribution in [2.24, 2.45) is 5.34 Å². The molecule has 0 bridgehead atoms. The van der Waals surface area contributed by atoms with Crippen LogP contribution in [0.15, 0.2) is 5.34 Å². The normalized spacial score (nSPS) is 7.00. The van der Waals surface area contributed by atoms with Crippen molar-refractivity contribution < 1.29 is 4.84 Å². The third-order valence-electron chi connectivity index (χ3n) is 0.642. The highest BCUT2D eigenvalue weighted by Gasteiger charge is 1.79. The molecular formula is C5H12ClNO2. The lowest BCUT2D eigenvalue weighted by molar-refractivity contribution is 0.136. The van der Waals surface area contributed by atoms with Crippen LogP contribution < -0.4 is 0 Å². The summed E-state index contributed by atoms with van der Waals surface area (Å²) in [6, 6.07) is 0. The Kier molecular flexibility index (Phi) is 20.0. The standard InChI is InChI=1S/C4H9NO2.CH3Cl/c1-2-3-4-7-5-6;1-2/h2-4H2,1H3;1H3. The zero-order valence-electron chi connectivity index (χ0n) is 5.76. The fourth-order valence-corrected chi connectivity index (χ4v) is 0.246. The van der Waals surface area contributed by atoms with E-state index in [-0.39, 0.29) is 0 Å². The van der Waals surface area contributed by atoms with Gasteiger partial charge in [-0.2, -0.15) is 0 Å². The maximum Gasteiger partial charge on any atom is 0.155 e. The van der Waals surface area contributed by atoms with Gasteiger partial charge in [-0.1, -0.05) is 13.3 Å². The van der Waals surface area contributed by atoms with Gasteiger partial charge in [0.25, 0.3) is 0 Å². The first-order chi connectivity index (χ1) is 4.41. The number of unbranched alkanes of at least 4 members (excludes halogenated alkanes) is 1. The number of rotatable bonds is 4. The lowest BCUT2D eigenvalue weighted by Gasteiger charge is -1.88. The van der Waals surface area contributed by atoms with Crippen molar-refractivity contribution in [3.05, 3.63) is 4.91 Å². The second-order valence-electron chi connectivity index (χ2n) is 1.26. The van der Waals surface area contributed by atoms with Gasteiger partial charge in [0.15, 0.2) is 5.34 Å². The molecule has 0 aromatic heterocycles. The van der Waals surface area contributed by atoms with E-state index in [2.05, 4.69) is 21.8 Å². The number of nitrogens with zero attached hydrogens (tertiary/aromatic N) is 1. The molecule has 3 nitrogen and oxygen atoms in total. The highest BCUT2D eigenvalue weighted by atomic mass is 35.5. The van der Waals surface area contributed by atoms with E-state index in [0.29, 0.717) is 6.61 Å². The molecule has 0 spiro atoms. The molecule has 0 saturated heterocycles. The molecule has 0 unspecified atom stereocenters. The maximum absolute atomic E-state index is 9.21. The van der Waals surface area contributed by atoms with E-state index in [9.17, 15) is 4.91 Å². The van der Waals surface area contributed by atoms with Gasteiger partial charge < -0.3 is 4.84 Å². The molecule has 0 fully saturated rings. The Morgan fingerprint density at radius 2 is 2.11 bits per heavy atom. The summed E-state index contributed by atoms with van der Waals surface area (Å²) < 4.78 is 0. The highest BCUT2D eigenvalue weighted by Crippen LogP contribution is 1.86. The maximum atomic E-state index is 9.21.